The van der Waals surface area contributed by atoms with Crippen LogP contribution < -0.4 is 5.32 Å². The lowest BCUT2D eigenvalue weighted by Gasteiger charge is -2.03. The average Bonchev–Trinajstić information content (AvgIpc) is 2.85. The van der Waals surface area contributed by atoms with E-state index in [4.69, 9.17) is 4.52 Å². The molecule has 0 spiro atoms. The molecule has 112 valence electrons. The number of rotatable bonds is 6. The minimum atomic E-state index is -0.276. The van der Waals surface area contributed by atoms with E-state index in [1.165, 1.54) is 7.11 Å². The van der Waals surface area contributed by atoms with Gasteiger partial charge in [-0.1, -0.05) is 16.8 Å². The minimum absolute atomic E-state index is 0.142. The molecule has 1 heterocycles. The SMILES string of the molecule is COC(=O)CCCNC(=O)Cc1noc2ccc(C)cc12. The van der Waals surface area contributed by atoms with Crippen LogP contribution in [-0.4, -0.2) is 30.7 Å². The Labute approximate surface area is 122 Å². The van der Waals surface area contributed by atoms with Crippen LogP contribution in [-0.2, 0) is 20.7 Å². The van der Waals surface area contributed by atoms with E-state index in [0.29, 0.717) is 30.7 Å². The normalized spacial score (nSPS) is 10.6. The molecule has 0 saturated carbocycles. The third-order valence-electron chi connectivity index (χ3n) is 3.14. The summed E-state index contributed by atoms with van der Waals surface area (Å²) in [5, 5.41) is 7.55. The zero-order valence-electron chi connectivity index (χ0n) is 12.1. The molecular weight excluding hydrogens is 272 g/mol. The molecule has 2 rings (SSSR count). The topological polar surface area (TPSA) is 81.4 Å². The van der Waals surface area contributed by atoms with Gasteiger partial charge in [-0.3, -0.25) is 9.59 Å². The number of methoxy groups -OCH3 is 1. The highest BCUT2D eigenvalue weighted by Crippen LogP contribution is 2.20. The number of amides is 1. The molecule has 1 N–H and O–H groups in total. The van der Waals surface area contributed by atoms with Crippen molar-refractivity contribution >= 4 is 22.8 Å². The first-order chi connectivity index (χ1) is 10.1. The molecule has 1 amide bonds. The molecule has 0 unspecified atom stereocenters. The van der Waals surface area contributed by atoms with Gasteiger partial charge in [-0.25, -0.2) is 0 Å². The van der Waals surface area contributed by atoms with Gasteiger partial charge in [0.1, 0.15) is 5.69 Å². The number of hydrogen-bond donors (Lipinski definition) is 1. The number of fused-ring (bicyclic) bond motifs is 1. The van der Waals surface area contributed by atoms with E-state index in [1.807, 2.05) is 25.1 Å². The number of nitrogens with one attached hydrogen (secondary N) is 1. The number of aromatic nitrogens is 1. The van der Waals surface area contributed by atoms with Gasteiger partial charge in [-0.15, -0.1) is 0 Å². The number of hydrogen-bond acceptors (Lipinski definition) is 5. The fourth-order valence-corrected chi connectivity index (χ4v) is 2.01. The highest BCUT2D eigenvalue weighted by molar-refractivity contribution is 5.86. The Bertz CT molecular complexity index is 648. The monoisotopic (exact) mass is 290 g/mol. The third-order valence-corrected chi connectivity index (χ3v) is 3.14. The molecule has 0 aliphatic carbocycles. The van der Waals surface area contributed by atoms with Gasteiger partial charge in [0.2, 0.25) is 5.91 Å². The maximum Gasteiger partial charge on any atom is 0.305 e. The molecule has 21 heavy (non-hydrogen) atoms. The lowest BCUT2D eigenvalue weighted by atomic mass is 10.1. The summed E-state index contributed by atoms with van der Waals surface area (Å²) in [6.07, 6.45) is 1.01. The molecule has 0 radical (unpaired) electrons. The van der Waals surface area contributed by atoms with E-state index in [0.717, 1.165) is 10.9 Å². The molecule has 0 aliphatic rings. The second-order valence-corrected chi connectivity index (χ2v) is 4.84. The van der Waals surface area contributed by atoms with Gasteiger partial charge in [0.05, 0.1) is 13.5 Å². The fourth-order valence-electron chi connectivity index (χ4n) is 2.01. The van der Waals surface area contributed by atoms with Crippen LogP contribution in [0.25, 0.3) is 11.0 Å². The Morgan fingerprint density at radius 3 is 2.95 bits per heavy atom. The quantitative estimate of drug-likeness (QED) is 0.647. The fraction of sp³-hybridized carbons (Fsp3) is 0.400. The van der Waals surface area contributed by atoms with Crippen LogP contribution >= 0.6 is 0 Å². The zero-order valence-corrected chi connectivity index (χ0v) is 12.1. The summed E-state index contributed by atoms with van der Waals surface area (Å²) in [6.45, 7) is 2.41. The Kier molecular flexibility index (Phi) is 4.92. The van der Waals surface area contributed by atoms with Crippen molar-refractivity contribution in [2.45, 2.75) is 26.2 Å². The van der Waals surface area contributed by atoms with Crippen LogP contribution in [0.4, 0.5) is 0 Å². The zero-order chi connectivity index (χ0) is 15.2. The summed E-state index contributed by atoms with van der Waals surface area (Å²) < 4.78 is 9.71. The van der Waals surface area contributed by atoms with Crippen LogP contribution in [0.2, 0.25) is 0 Å². The van der Waals surface area contributed by atoms with Crippen molar-refractivity contribution in [3.63, 3.8) is 0 Å². The van der Waals surface area contributed by atoms with Crippen LogP contribution in [0.15, 0.2) is 22.7 Å². The van der Waals surface area contributed by atoms with Crippen molar-refractivity contribution < 1.29 is 18.8 Å². The first-order valence-corrected chi connectivity index (χ1v) is 6.78. The second kappa shape index (κ2) is 6.88. The van der Waals surface area contributed by atoms with Crippen molar-refractivity contribution in [3.8, 4) is 0 Å². The maximum atomic E-state index is 11.8. The number of carbonyl (C=O) groups is 2. The predicted molar refractivity (Wildman–Crippen MR) is 76.7 cm³/mol. The molecule has 0 atom stereocenters. The molecule has 0 fully saturated rings. The van der Waals surface area contributed by atoms with Gasteiger partial charge in [-0.2, -0.15) is 0 Å². The van der Waals surface area contributed by atoms with Crippen LogP contribution in [0.3, 0.4) is 0 Å². The summed E-state index contributed by atoms with van der Waals surface area (Å²) in [4.78, 5) is 22.8. The standard InChI is InChI=1S/C15H18N2O4/c1-10-5-6-13-11(8-10)12(17-21-13)9-14(18)16-7-3-4-15(19)20-2/h5-6,8H,3-4,7,9H2,1-2H3,(H,16,18). The van der Waals surface area contributed by atoms with Crippen molar-refractivity contribution in [2.24, 2.45) is 0 Å². The molecule has 1 aromatic heterocycles. The van der Waals surface area contributed by atoms with Crippen LogP contribution in [0.1, 0.15) is 24.1 Å². The number of benzene rings is 1. The molecule has 6 nitrogen and oxygen atoms in total. The lowest BCUT2D eigenvalue weighted by Crippen LogP contribution is -2.26. The van der Waals surface area contributed by atoms with Crippen LogP contribution in [0.5, 0.6) is 0 Å². The predicted octanol–water partition coefficient (Wildman–Crippen LogP) is 1.75. The van der Waals surface area contributed by atoms with Gasteiger partial charge in [-0.05, 0) is 25.5 Å². The highest BCUT2D eigenvalue weighted by Gasteiger charge is 2.12. The first kappa shape index (κ1) is 15.0. The van der Waals surface area contributed by atoms with Gasteiger partial charge in [0.25, 0.3) is 0 Å². The molecule has 2 aromatic rings. The van der Waals surface area contributed by atoms with Gasteiger partial charge in [0.15, 0.2) is 5.58 Å². The second-order valence-electron chi connectivity index (χ2n) is 4.84. The Balaban J connectivity index is 1.87. The smallest absolute Gasteiger partial charge is 0.305 e. The molecule has 1 aromatic carbocycles. The van der Waals surface area contributed by atoms with Crippen molar-refractivity contribution in [1.29, 1.82) is 0 Å². The average molecular weight is 290 g/mol. The Morgan fingerprint density at radius 1 is 1.38 bits per heavy atom. The largest absolute Gasteiger partial charge is 0.469 e. The first-order valence-electron chi connectivity index (χ1n) is 6.78. The Hall–Kier alpha value is -2.37. The van der Waals surface area contributed by atoms with Crippen molar-refractivity contribution in [3.05, 3.63) is 29.5 Å². The van der Waals surface area contributed by atoms with E-state index in [2.05, 4.69) is 15.2 Å². The molecular formula is C15H18N2O4. The summed E-state index contributed by atoms with van der Waals surface area (Å²) in [6, 6.07) is 5.73. The van der Waals surface area contributed by atoms with Gasteiger partial charge in [0, 0.05) is 18.4 Å². The number of nitrogens with zero attached hydrogens (tertiary/aromatic N) is 1. The van der Waals surface area contributed by atoms with Crippen molar-refractivity contribution in [2.75, 3.05) is 13.7 Å². The summed E-state index contributed by atoms with van der Waals surface area (Å²) in [7, 11) is 1.35. The highest BCUT2D eigenvalue weighted by atomic mass is 16.5. The van der Waals surface area contributed by atoms with E-state index in [-0.39, 0.29) is 18.3 Å². The minimum Gasteiger partial charge on any atom is -0.469 e. The molecule has 6 heteroatoms. The van der Waals surface area contributed by atoms with E-state index >= 15 is 0 Å². The number of ether oxygens (including phenoxy) is 1. The lowest BCUT2D eigenvalue weighted by molar-refractivity contribution is -0.140. The number of carbonyl (C=O) groups excluding carboxylic acids is 2. The molecule has 0 aliphatic heterocycles. The summed E-state index contributed by atoms with van der Waals surface area (Å²) in [5.74, 6) is -0.418. The number of esters is 1. The van der Waals surface area contributed by atoms with E-state index in [9.17, 15) is 9.59 Å². The summed E-state index contributed by atoms with van der Waals surface area (Å²) >= 11 is 0. The Morgan fingerprint density at radius 2 is 2.19 bits per heavy atom. The van der Waals surface area contributed by atoms with Crippen LogP contribution in [0, 0.1) is 6.92 Å². The molecule has 0 bridgehead atoms. The van der Waals surface area contributed by atoms with E-state index < -0.39 is 0 Å². The van der Waals surface area contributed by atoms with Gasteiger partial charge >= 0.3 is 5.97 Å². The molecule has 0 saturated heterocycles. The van der Waals surface area contributed by atoms with E-state index in [1.54, 1.807) is 0 Å². The van der Waals surface area contributed by atoms with Crippen molar-refractivity contribution in [1.82, 2.24) is 10.5 Å². The summed E-state index contributed by atoms with van der Waals surface area (Å²) in [5.41, 5.74) is 2.39. The maximum absolute atomic E-state index is 11.8. The van der Waals surface area contributed by atoms with Gasteiger partial charge < -0.3 is 14.6 Å². The third kappa shape index (κ3) is 4.05. The number of aryl methyl sites for hydroxylation is 1.